The van der Waals surface area contributed by atoms with Gasteiger partial charge < -0.3 is 20.2 Å². The molecule has 2 aliphatic carbocycles. The molecule has 0 atom stereocenters. The molecule has 176 valence electrons. The fourth-order valence-electron chi connectivity index (χ4n) is 4.33. The van der Waals surface area contributed by atoms with Crippen LogP contribution in [0.5, 0.6) is 0 Å². The summed E-state index contributed by atoms with van der Waals surface area (Å²) < 4.78 is 27.6. The summed E-state index contributed by atoms with van der Waals surface area (Å²) in [7, 11) is -1.35. The van der Waals surface area contributed by atoms with Crippen molar-refractivity contribution in [1.29, 1.82) is 0 Å². The Morgan fingerprint density at radius 2 is 1.88 bits per heavy atom. The van der Waals surface area contributed by atoms with Crippen LogP contribution in [0.25, 0.3) is 0 Å². The molecule has 1 saturated heterocycles. The van der Waals surface area contributed by atoms with E-state index in [-0.39, 0.29) is 24.6 Å². The second-order valence-corrected chi connectivity index (χ2v) is 10.7. The van der Waals surface area contributed by atoms with Gasteiger partial charge in [-0.3, -0.25) is 0 Å². The molecule has 4 rings (SSSR count). The lowest BCUT2D eigenvalue weighted by atomic mass is 9.96. The van der Waals surface area contributed by atoms with Gasteiger partial charge in [-0.25, -0.2) is 18.1 Å². The SMILES string of the molecule is CN1CCN(c2nc3c(c(NCCS(=O)(=O)NCC4=C(O)C=CCC4)n2)CCCC3)CC1. The lowest BCUT2D eigenvalue weighted by Gasteiger charge is -2.33. The number of aliphatic hydroxyl groups is 1. The lowest BCUT2D eigenvalue weighted by molar-refractivity contribution is 0.311. The highest BCUT2D eigenvalue weighted by molar-refractivity contribution is 7.89. The average Bonchev–Trinajstić information content (AvgIpc) is 2.79. The van der Waals surface area contributed by atoms with Crippen LogP contribution in [0.4, 0.5) is 11.8 Å². The van der Waals surface area contributed by atoms with Gasteiger partial charge in [-0.15, -0.1) is 0 Å². The van der Waals surface area contributed by atoms with Crippen molar-refractivity contribution in [3.63, 3.8) is 0 Å². The van der Waals surface area contributed by atoms with Crippen molar-refractivity contribution in [2.45, 2.75) is 38.5 Å². The van der Waals surface area contributed by atoms with Gasteiger partial charge in [-0.2, -0.15) is 4.98 Å². The van der Waals surface area contributed by atoms with Gasteiger partial charge in [0, 0.05) is 44.8 Å². The quantitative estimate of drug-likeness (QED) is 0.534. The van der Waals surface area contributed by atoms with Crippen molar-refractivity contribution < 1.29 is 13.5 Å². The first-order chi connectivity index (χ1) is 15.4. The maximum Gasteiger partial charge on any atom is 0.227 e. The highest BCUT2D eigenvalue weighted by Gasteiger charge is 2.23. The maximum atomic E-state index is 12.5. The Balaban J connectivity index is 1.39. The predicted molar refractivity (Wildman–Crippen MR) is 127 cm³/mol. The largest absolute Gasteiger partial charge is 0.508 e. The normalized spacial score (nSPS) is 19.8. The van der Waals surface area contributed by atoms with Gasteiger partial charge in [0.15, 0.2) is 0 Å². The van der Waals surface area contributed by atoms with Gasteiger partial charge in [0.1, 0.15) is 11.6 Å². The number of sulfonamides is 1. The van der Waals surface area contributed by atoms with Crippen LogP contribution in [0.2, 0.25) is 0 Å². The smallest absolute Gasteiger partial charge is 0.227 e. The zero-order valence-corrected chi connectivity index (χ0v) is 19.6. The van der Waals surface area contributed by atoms with Crippen LogP contribution >= 0.6 is 0 Å². The fourth-order valence-corrected chi connectivity index (χ4v) is 5.23. The Morgan fingerprint density at radius 3 is 2.66 bits per heavy atom. The number of hydrogen-bond donors (Lipinski definition) is 3. The van der Waals surface area contributed by atoms with Crippen molar-refractivity contribution >= 4 is 21.8 Å². The number of nitrogens with one attached hydrogen (secondary N) is 2. The van der Waals surface area contributed by atoms with Crippen molar-refractivity contribution in [2.75, 3.05) is 62.3 Å². The van der Waals surface area contributed by atoms with Gasteiger partial charge in [0.25, 0.3) is 0 Å². The van der Waals surface area contributed by atoms with Gasteiger partial charge in [0.05, 0.1) is 11.4 Å². The summed E-state index contributed by atoms with van der Waals surface area (Å²) in [4.78, 5) is 14.2. The first-order valence-electron chi connectivity index (χ1n) is 11.5. The standard InChI is InChI=1S/C22H34N6O3S/c1-27-11-13-28(14-12-27)22-25-19-8-4-3-7-18(19)21(26-22)23-10-15-32(30,31)24-16-17-6-2-5-9-20(17)29/h5,9,24,29H,2-4,6-8,10-16H2,1H3,(H,23,25,26). The fraction of sp³-hybridized carbons (Fsp3) is 0.636. The van der Waals surface area contributed by atoms with Crippen molar-refractivity contribution in [2.24, 2.45) is 0 Å². The number of aliphatic hydroxyl groups excluding tert-OH is 1. The van der Waals surface area contributed by atoms with Crippen LogP contribution < -0.4 is 14.9 Å². The lowest BCUT2D eigenvalue weighted by Crippen LogP contribution is -2.45. The predicted octanol–water partition coefficient (Wildman–Crippen LogP) is 1.60. The van der Waals surface area contributed by atoms with Gasteiger partial charge in [-0.1, -0.05) is 6.08 Å². The van der Waals surface area contributed by atoms with Crippen molar-refractivity contribution in [1.82, 2.24) is 19.6 Å². The zero-order valence-electron chi connectivity index (χ0n) is 18.8. The summed E-state index contributed by atoms with van der Waals surface area (Å²) >= 11 is 0. The minimum Gasteiger partial charge on any atom is -0.508 e. The van der Waals surface area contributed by atoms with E-state index in [0.717, 1.165) is 86.9 Å². The molecule has 0 aromatic carbocycles. The third-order valence-electron chi connectivity index (χ3n) is 6.38. The van der Waals surface area contributed by atoms with Crippen molar-refractivity contribution in [3.8, 4) is 0 Å². The molecule has 2 heterocycles. The average molecular weight is 463 g/mol. The van der Waals surface area contributed by atoms with E-state index in [2.05, 4.69) is 26.9 Å². The molecule has 0 amide bonds. The summed E-state index contributed by atoms with van der Waals surface area (Å²) in [5, 5.41) is 13.2. The molecule has 0 unspecified atom stereocenters. The summed E-state index contributed by atoms with van der Waals surface area (Å²) in [5.74, 6) is 1.63. The third kappa shape index (κ3) is 5.79. The highest BCUT2D eigenvalue weighted by atomic mass is 32.2. The van der Waals surface area contributed by atoms with E-state index >= 15 is 0 Å². The van der Waals surface area contributed by atoms with E-state index in [1.54, 1.807) is 6.08 Å². The third-order valence-corrected chi connectivity index (χ3v) is 7.70. The molecule has 1 fully saturated rings. The van der Waals surface area contributed by atoms with Gasteiger partial charge in [0.2, 0.25) is 16.0 Å². The summed E-state index contributed by atoms with van der Waals surface area (Å²) in [5.41, 5.74) is 2.95. The molecule has 0 radical (unpaired) electrons. The number of anilines is 2. The summed E-state index contributed by atoms with van der Waals surface area (Å²) in [6.45, 7) is 4.17. The van der Waals surface area contributed by atoms with Crippen LogP contribution in [0.1, 0.15) is 36.9 Å². The van der Waals surface area contributed by atoms with Crippen LogP contribution in [0.3, 0.4) is 0 Å². The second kappa shape index (κ2) is 10.2. The minimum atomic E-state index is -3.47. The van der Waals surface area contributed by atoms with Gasteiger partial charge >= 0.3 is 0 Å². The summed E-state index contributed by atoms with van der Waals surface area (Å²) in [6, 6.07) is 0. The Morgan fingerprint density at radius 1 is 1.09 bits per heavy atom. The maximum absolute atomic E-state index is 12.5. The molecule has 0 spiro atoms. The number of aromatic nitrogens is 2. The molecule has 0 bridgehead atoms. The topological polar surface area (TPSA) is 111 Å². The molecule has 1 aliphatic heterocycles. The van der Waals surface area contributed by atoms with Crippen LogP contribution in [0.15, 0.2) is 23.5 Å². The number of allylic oxidation sites excluding steroid dienone is 2. The Bertz CT molecular complexity index is 984. The zero-order chi connectivity index (χ0) is 22.6. The number of piperazine rings is 1. The number of aryl methyl sites for hydroxylation is 1. The monoisotopic (exact) mass is 462 g/mol. The van der Waals surface area contributed by atoms with E-state index in [1.807, 2.05) is 6.08 Å². The Hall–Kier alpha value is -2.17. The molecule has 1 aromatic rings. The highest BCUT2D eigenvalue weighted by Crippen LogP contribution is 2.28. The molecule has 1 aromatic heterocycles. The Labute approximate surface area is 190 Å². The van der Waals surface area contributed by atoms with Crippen LogP contribution in [-0.4, -0.2) is 80.5 Å². The summed E-state index contributed by atoms with van der Waals surface area (Å²) in [6.07, 6.45) is 9.10. The Kier molecular flexibility index (Phi) is 7.32. The van der Waals surface area contributed by atoms with Crippen molar-refractivity contribution in [3.05, 3.63) is 34.7 Å². The first-order valence-corrected chi connectivity index (χ1v) is 13.2. The molecule has 32 heavy (non-hydrogen) atoms. The molecule has 0 saturated carbocycles. The van der Waals surface area contributed by atoms with E-state index in [0.29, 0.717) is 6.42 Å². The molecular formula is C22H34N6O3S. The molecule has 3 aliphatic rings. The second-order valence-electron chi connectivity index (χ2n) is 8.79. The number of nitrogens with zero attached hydrogens (tertiary/aromatic N) is 4. The van der Waals surface area contributed by atoms with Gasteiger partial charge in [-0.05, 0) is 57.2 Å². The van der Waals surface area contributed by atoms with E-state index < -0.39 is 10.0 Å². The molecule has 3 N–H and O–H groups in total. The number of hydrogen-bond acceptors (Lipinski definition) is 8. The number of rotatable bonds is 8. The molecule has 10 heteroatoms. The number of likely N-dealkylation sites (N-methyl/N-ethyl adjacent to an activating group) is 1. The molecule has 9 nitrogen and oxygen atoms in total. The number of fused-ring (bicyclic) bond motifs is 1. The van der Waals surface area contributed by atoms with Crippen LogP contribution in [0, 0.1) is 0 Å². The molecular weight excluding hydrogens is 428 g/mol. The van der Waals surface area contributed by atoms with E-state index in [4.69, 9.17) is 9.97 Å². The van der Waals surface area contributed by atoms with E-state index in [9.17, 15) is 13.5 Å². The van der Waals surface area contributed by atoms with Crippen LogP contribution in [-0.2, 0) is 22.9 Å². The van der Waals surface area contributed by atoms with E-state index in [1.165, 1.54) is 0 Å². The minimum absolute atomic E-state index is 0.0561. The first kappa shape index (κ1) is 23.0.